The monoisotopic (exact) mass is 422 g/mol. The van der Waals surface area contributed by atoms with Crippen LogP contribution in [0.15, 0.2) is 91.1 Å². The van der Waals surface area contributed by atoms with Gasteiger partial charge in [-0.3, -0.25) is 0 Å². The quantitative estimate of drug-likeness (QED) is 0.335. The van der Waals surface area contributed by atoms with Crippen LogP contribution in [-0.2, 0) is 6.42 Å². The molecule has 2 aromatic heterocycles. The Bertz CT molecular complexity index is 1380. The van der Waals surface area contributed by atoms with Gasteiger partial charge in [0.05, 0.1) is 16.8 Å². The number of hydrogen-bond donors (Lipinski definition) is 0. The van der Waals surface area contributed by atoms with E-state index < -0.39 is 0 Å². The van der Waals surface area contributed by atoms with Gasteiger partial charge in [-0.1, -0.05) is 60.1 Å². The van der Waals surface area contributed by atoms with E-state index in [-0.39, 0.29) is 0 Å². The van der Waals surface area contributed by atoms with Gasteiger partial charge in [0.15, 0.2) is 5.65 Å². The topological polar surface area (TPSA) is 34.0 Å². The Hall–Kier alpha value is -3.63. The Kier molecular flexibility index (Phi) is 4.25. The third-order valence-electron chi connectivity index (χ3n) is 5.81. The minimum Gasteiger partial charge on any atom is -0.340 e. The lowest BCUT2D eigenvalue weighted by molar-refractivity contribution is 0.900. The van der Waals surface area contributed by atoms with Crippen molar-refractivity contribution >= 4 is 34.0 Å². The highest BCUT2D eigenvalue weighted by Gasteiger charge is 2.28. The van der Waals surface area contributed by atoms with E-state index in [1.54, 1.807) is 0 Å². The Labute approximate surface area is 185 Å². The first-order valence-electron chi connectivity index (χ1n) is 10.3. The van der Waals surface area contributed by atoms with Gasteiger partial charge in [-0.2, -0.15) is 5.10 Å². The normalized spacial score (nSPS) is 13.0. The van der Waals surface area contributed by atoms with Crippen molar-refractivity contribution in [3.8, 4) is 16.9 Å². The lowest BCUT2D eigenvalue weighted by Crippen LogP contribution is -2.13. The number of anilines is 2. The number of hydrogen-bond acceptors (Lipinski definition) is 3. The first kappa shape index (κ1) is 18.2. The number of benzene rings is 3. The Morgan fingerprint density at radius 2 is 1.45 bits per heavy atom. The van der Waals surface area contributed by atoms with Crippen LogP contribution in [0.3, 0.4) is 0 Å². The van der Waals surface area contributed by atoms with E-state index in [4.69, 9.17) is 21.7 Å². The number of nitrogens with zero attached hydrogens (tertiary/aromatic N) is 4. The van der Waals surface area contributed by atoms with Crippen molar-refractivity contribution in [2.75, 3.05) is 11.4 Å². The van der Waals surface area contributed by atoms with Crippen LogP contribution in [-0.4, -0.2) is 21.3 Å². The molecule has 31 heavy (non-hydrogen) atoms. The van der Waals surface area contributed by atoms with E-state index in [9.17, 15) is 0 Å². The summed E-state index contributed by atoms with van der Waals surface area (Å²) < 4.78 is 1.95. The van der Waals surface area contributed by atoms with Crippen LogP contribution in [0.4, 0.5) is 11.4 Å². The molecule has 3 heterocycles. The summed E-state index contributed by atoms with van der Waals surface area (Å²) >= 11 is 6.17. The summed E-state index contributed by atoms with van der Waals surface area (Å²) in [6.45, 7) is 0.927. The molecule has 5 aromatic rings. The fraction of sp³-hybridized carbons (Fsp3) is 0.0769. The molecular weight excluding hydrogens is 404 g/mol. The summed E-state index contributed by atoms with van der Waals surface area (Å²) in [5.74, 6) is 0. The predicted octanol–water partition coefficient (Wildman–Crippen LogP) is 6.44. The molecule has 4 nitrogen and oxygen atoms in total. The third kappa shape index (κ3) is 2.99. The predicted molar refractivity (Wildman–Crippen MR) is 126 cm³/mol. The molecule has 0 fully saturated rings. The molecule has 3 aromatic carbocycles. The van der Waals surface area contributed by atoms with Crippen LogP contribution < -0.4 is 4.90 Å². The fourth-order valence-corrected chi connectivity index (χ4v) is 4.49. The highest BCUT2D eigenvalue weighted by atomic mass is 35.5. The molecular formula is C26H19ClN4. The van der Waals surface area contributed by atoms with Gasteiger partial charge in [-0.15, -0.1) is 0 Å². The van der Waals surface area contributed by atoms with Crippen LogP contribution in [0, 0.1) is 0 Å². The van der Waals surface area contributed by atoms with Gasteiger partial charge in [0.25, 0.3) is 0 Å². The standard InChI is InChI=1S/C26H19ClN4/c27-20-13-11-18(12-14-20)24-23-25-19(15-16-30(25)21-7-3-1-4-8-21)17-28-26(23)31(29-24)22-9-5-2-6-10-22/h1-14,17H,15-16H2. The zero-order valence-corrected chi connectivity index (χ0v) is 17.5. The Morgan fingerprint density at radius 3 is 2.16 bits per heavy atom. The summed E-state index contributed by atoms with van der Waals surface area (Å²) in [4.78, 5) is 7.25. The highest BCUT2D eigenvalue weighted by molar-refractivity contribution is 6.30. The van der Waals surface area contributed by atoms with Crippen molar-refractivity contribution in [1.29, 1.82) is 0 Å². The smallest absolute Gasteiger partial charge is 0.165 e. The van der Waals surface area contributed by atoms with E-state index in [0.29, 0.717) is 5.02 Å². The Morgan fingerprint density at radius 1 is 0.774 bits per heavy atom. The van der Waals surface area contributed by atoms with Crippen LogP contribution in [0.1, 0.15) is 5.56 Å². The number of aromatic nitrogens is 3. The molecule has 0 amide bonds. The van der Waals surface area contributed by atoms with Crippen LogP contribution in [0.5, 0.6) is 0 Å². The van der Waals surface area contributed by atoms with Crippen molar-refractivity contribution in [2.24, 2.45) is 0 Å². The largest absolute Gasteiger partial charge is 0.340 e. The van der Waals surface area contributed by atoms with E-state index >= 15 is 0 Å². The second kappa shape index (κ2) is 7.25. The summed E-state index contributed by atoms with van der Waals surface area (Å²) in [7, 11) is 0. The van der Waals surface area contributed by atoms with Crippen molar-refractivity contribution in [2.45, 2.75) is 6.42 Å². The van der Waals surface area contributed by atoms with Gasteiger partial charge in [0.2, 0.25) is 0 Å². The lowest BCUT2D eigenvalue weighted by atomic mass is 10.1. The lowest BCUT2D eigenvalue weighted by Gasteiger charge is -2.20. The zero-order chi connectivity index (χ0) is 20.8. The minimum absolute atomic E-state index is 0.713. The van der Waals surface area contributed by atoms with E-state index in [0.717, 1.165) is 40.9 Å². The average Bonchev–Trinajstić information content (AvgIpc) is 3.42. The maximum atomic E-state index is 6.17. The second-order valence-corrected chi connectivity index (χ2v) is 8.11. The fourth-order valence-electron chi connectivity index (χ4n) is 4.37. The van der Waals surface area contributed by atoms with Gasteiger partial charge in [0.1, 0.15) is 5.69 Å². The van der Waals surface area contributed by atoms with Crippen LogP contribution >= 0.6 is 11.6 Å². The van der Waals surface area contributed by atoms with Gasteiger partial charge in [-0.25, -0.2) is 9.67 Å². The molecule has 0 atom stereocenters. The highest BCUT2D eigenvalue weighted by Crippen LogP contribution is 2.43. The van der Waals surface area contributed by atoms with E-state index in [1.165, 1.54) is 16.9 Å². The van der Waals surface area contributed by atoms with Gasteiger partial charge < -0.3 is 4.90 Å². The molecule has 1 aliphatic heterocycles. The molecule has 0 saturated heterocycles. The third-order valence-corrected chi connectivity index (χ3v) is 6.06. The SMILES string of the molecule is Clc1ccc(-c2nn(-c3ccccc3)c3ncc4c(c23)N(c2ccccc2)CC4)cc1. The average molecular weight is 423 g/mol. The van der Waals surface area contributed by atoms with Gasteiger partial charge >= 0.3 is 0 Å². The van der Waals surface area contributed by atoms with Crippen molar-refractivity contribution in [3.05, 3.63) is 102 Å². The van der Waals surface area contributed by atoms with E-state index in [1.807, 2.05) is 53.3 Å². The maximum Gasteiger partial charge on any atom is 0.165 e. The summed E-state index contributed by atoms with van der Waals surface area (Å²) in [6.07, 6.45) is 2.97. The molecule has 0 radical (unpaired) electrons. The molecule has 0 bridgehead atoms. The zero-order valence-electron chi connectivity index (χ0n) is 16.7. The number of fused-ring (bicyclic) bond motifs is 3. The molecule has 150 valence electrons. The number of para-hydroxylation sites is 2. The first-order valence-corrected chi connectivity index (χ1v) is 10.7. The van der Waals surface area contributed by atoms with Crippen LogP contribution in [0.25, 0.3) is 28.0 Å². The second-order valence-electron chi connectivity index (χ2n) is 7.67. The van der Waals surface area contributed by atoms with Crippen molar-refractivity contribution < 1.29 is 0 Å². The summed E-state index contributed by atoms with van der Waals surface area (Å²) in [5.41, 5.74) is 7.43. The molecule has 0 spiro atoms. The molecule has 1 aliphatic rings. The summed E-state index contributed by atoms with van der Waals surface area (Å²) in [6, 6.07) is 28.6. The van der Waals surface area contributed by atoms with E-state index in [2.05, 4.69) is 47.4 Å². The molecule has 0 aliphatic carbocycles. The number of pyridine rings is 1. The number of halogens is 1. The molecule has 0 unspecified atom stereocenters. The molecule has 0 saturated carbocycles. The summed E-state index contributed by atoms with van der Waals surface area (Å²) in [5, 5.41) is 6.84. The molecule has 6 rings (SSSR count). The Balaban J connectivity index is 1.67. The van der Waals surface area contributed by atoms with Gasteiger partial charge in [0, 0.05) is 29.0 Å². The van der Waals surface area contributed by atoms with Crippen molar-refractivity contribution in [3.63, 3.8) is 0 Å². The maximum absolute atomic E-state index is 6.17. The first-order chi connectivity index (χ1) is 15.3. The number of rotatable bonds is 3. The van der Waals surface area contributed by atoms with Crippen molar-refractivity contribution in [1.82, 2.24) is 14.8 Å². The van der Waals surface area contributed by atoms with Gasteiger partial charge in [-0.05, 0) is 48.4 Å². The molecule has 5 heteroatoms. The molecule has 0 N–H and O–H groups in total. The van der Waals surface area contributed by atoms with Crippen LogP contribution in [0.2, 0.25) is 5.02 Å². The minimum atomic E-state index is 0.713.